The van der Waals surface area contributed by atoms with Gasteiger partial charge in [0.1, 0.15) is 17.6 Å². The van der Waals surface area contributed by atoms with Gasteiger partial charge in [0.15, 0.2) is 14.8 Å². The van der Waals surface area contributed by atoms with Crippen molar-refractivity contribution in [2.45, 2.75) is 57.8 Å². The molecule has 0 aliphatic carbocycles. The Hall–Kier alpha value is -3.24. The summed E-state index contributed by atoms with van der Waals surface area (Å²) in [5, 5.41) is 0.733. The van der Waals surface area contributed by atoms with Crippen LogP contribution in [0.5, 0.6) is 11.5 Å². The monoisotopic (exact) mass is 567 g/mol. The SMILES string of the molecule is CC1=C(c2cccc(OC3CCCCO3)c2)C(c2ccc(/C=C\CN3CCCCC3)cc2)Oc2ccc(P=O)cc21. The minimum Gasteiger partial charge on any atom is -0.480 e. The number of likely N-dealkylation sites (tertiary alicyclic amines) is 1. The molecule has 6 rings (SSSR count). The topological polar surface area (TPSA) is 48.0 Å². The summed E-state index contributed by atoms with van der Waals surface area (Å²) >= 11 is 0. The maximum atomic E-state index is 11.7. The number of benzene rings is 3. The Balaban J connectivity index is 1.30. The van der Waals surface area contributed by atoms with E-state index in [-0.39, 0.29) is 20.9 Å². The van der Waals surface area contributed by atoms with Crippen LogP contribution in [0.1, 0.15) is 73.8 Å². The summed E-state index contributed by atoms with van der Waals surface area (Å²) in [6, 6.07) is 22.7. The Morgan fingerprint density at radius 1 is 0.976 bits per heavy atom. The van der Waals surface area contributed by atoms with Crippen LogP contribution in [0, 0.1) is 0 Å². The lowest BCUT2D eigenvalue weighted by atomic mass is 9.86. The summed E-state index contributed by atoms with van der Waals surface area (Å²) in [5.41, 5.74) is 6.48. The van der Waals surface area contributed by atoms with Crippen molar-refractivity contribution < 1.29 is 18.8 Å². The van der Waals surface area contributed by atoms with Gasteiger partial charge in [0.2, 0.25) is 0 Å². The first-order valence-corrected chi connectivity index (χ1v) is 15.7. The number of allylic oxidation sites excluding steroid dienone is 1. The summed E-state index contributed by atoms with van der Waals surface area (Å²) in [5.74, 6) is 1.59. The van der Waals surface area contributed by atoms with Gasteiger partial charge in [-0.2, -0.15) is 0 Å². The summed E-state index contributed by atoms with van der Waals surface area (Å²) in [6.07, 6.45) is 11.1. The number of piperidine rings is 1. The van der Waals surface area contributed by atoms with Gasteiger partial charge >= 0.3 is 0 Å². The Labute approximate surface area is 245 Å². The zero-order valence-corrected chi connectivity index (χ0v) is 24.7. The molecule has 3 aliphatic heterocycles. The molecule has 3 aliphatic rings. The summed E-state index contributed by atoms with van der Waals surface area (Å²) in [6.45, 7) is 6.28. The Kier molecular flexibility index (Phi) is 8.96. The molecular formula is C35H38NO4P. The number of fused-ring (bicyclic) bond motifs is 1. The third-order valence-corrected chi connectivity index (χ3v) is 8.78. The maximum absolute atomic E-state index is 11.7. The van der Waals surface area contributed by atoms with E-state index in [2.05, 4.69) is 60.4 Å². The molecule has 3 aromatic rings. The quantitative estimate of drug-likeness (QED) is 0.258. The van der Waals surface area contributed by atoms with Crippen molar-refractivity contribution in [3.05, 3.63) is 95.1 Å². The van der Waals surface area contributed by atoms with Crippen molar-refractivity contribution in [2.75, 3.05) is 26.2 Å². The second kappa shape index (κ2) is 13.2. The molecule has 2 atom stereocenters. The van der Waals surface area contributed by atoms with Gasteiger partial charge in [-0.15, -0.1) is 0 Å². The average Bonchev–Trinajstić information content (AvgIpc) is 3.02. The minimum absolute atomic E-state index is 0.000398. The molecule has 3 aromatic carbocycles. The van der Waals surface area contributed by atoms with E-state index >= 15 is 0 Å². The third kappa shape index (κ3) is 6.64. The number of rotatable bonds is 8. The number of hydrogen-bond acceptors (Lipinski definition) is 5. The second-order valence-corrected chi connectivity index (χ2v) is 11.9. The number of nitrogens with zero attached hydrogens (tertiary/aromatic N) is 1. The Bertz CT molecular complexity index is 1420. The normalized spacial score (nSPS) is 21.6. The van der Waals surface area contributed by atoms with Gasteiger partial charge in [-0.05, 0) is 98.3 Å². The van der Waals surface area contributed by atoms with Gasteiger partial charge in [0.25, 0.3) is 0 Å². The standard InChI is InChI=1S/C35H38NO4P/c1-25-31-24-30(41-37)17-18-32(31)40-35(27-15-13-26(14-16-27)9-8-21-36-19-4-2-5-20-36)34(25)28-10-7-11-29(23-28)39-33-12-3-6-22-38-33/h7-11,13-18,23-24,33,35H,2-6,12,19-22H2,1H3/b9-8-. The molecule has 5 nitrogen and oxygen atoms in total. The fraction of sp³-hybridized carbons (Fsp3) is 0.371. The number of ether oxygens (including phenoxy) is 3. The van der Waals surface area contributed by atoms with Gasteiger partial charge in [-0.1, -0.05) is 55.0 Å². The van der Waals surface area contributed by atoms with Gasteiger partial charge in [0, 0.05) is 29.4 Å². The van der Waals surface area contributed by atoms with Crippen LogP contribution in [0.4, 0.5) is 0 Å². The molecule has 2 unspecified atom stereocenters. The molecule has 0 amide bonds. The van der Waals surface area contributed by atoms with E-state index in [0.29, 0.717) is 0 Å². The highest BCUT2D eigenvalue weighted by Gasteiger charge is 2.30. The fourth-order valence-electron chi connectivity index (χ4n) is 6.06. The lowest BCUT2D eigenvalue weighted by Gasteiger charge is -2.31. The first-order valence-electron chi connectivity index (χ1n) is 14.9. The Morgan fingerprint density at radius 2 is 1.83 bits per heavy atom. The van der Waals surface area contributed by atoms with Gasteiger partial charge in [-0.3, -0.25) is 9.46 Å². The van der Waals surface area contributed by atoms with Crippen molar-refractivity contribution in [1.82, 2.24) is 4.90 Å². The molecular weight excluding hydrogens is 529 g/mol. The first-order chi connectivity index (χ1) is 20.2. The smallest absolute Gasteiger partial charge is 0.199 e. The maximum Gasteiger partial charge on any atom is 0.199 e. The van der Waals surface area contributed by atoms with E-state index in [1.54, 1.807) is 0 Å². The van der Waals surface area contributed by atoms with E-state index in [9.17, 15) is 4.57 Å². The van der Waals surface area contributed by atoms with E-state index in [1.807, 2.05) is 30.3 Å². The van der Waals surface area contributed by atoms with E-state index in [1.165, 1.54) is 37.9 Å². The first kappa shape index (κ1) is 27.9. The molecule has 0 spiro atoms. The summed E-state index contributed by atoms with van der Waals surface area (Å²) in [4.78, 5) is 2.53. The minimum atomic E-state index is -0.286. The molecule has 2 fully saturated rings. The van der Waals surface area contributed by atoms with Gasteiger partial charge in [-0.25, -0.2) is 0 Å². The van der Waals surface area contributed by atoms with Crippen molar-refractivity contribution in [3.63, 3.8) is 0 Å². The molecule has 0 saturated carbocycles. The molecule has 41 heavy (non-hydrogen) atoms. The van der Waals surface area contributed by atoms with Crippen molar-refractivity contribution >= 4 is 31.0 Å². The van der Waals surface area contributed by atoms with E-state index in [4.69, 9.17) is 14.2 Å². The van der Waals surface area contributed by atoms with Gasteiger partial charge < -0.3 is 14.2 Å². The zero-order chi connectivity index (χ0) is 28.0. The molecule has 6 heteroatoms. The van der Waals surface area contributed by atoms with Gasteiger partial charge in [0.05, 0.1) is 6.61 Å². The van der Waals surface area contributed by atoms with E-state index in [0.717, 1.165) is 77.1 Å². The highest BCUT2D eigenvalue weighted by molar-refractivity contribution is 7.34. The lowest BCUT2D eigenvalue weighted by molar-refractivity contribution is -0.105. The molecule has 0 radical (unpaired) electrons. The fourth-order valence-corrected chi connectivity index (χ4v) is 6.37. The van der Waals surface area contributed by atoms with Crippen molar-refractivity contribution in [3.8, 4) is 11.5 Å². The predicted octanol–water partition coefficient (Wildman–Crippen LogP) is 8.07. The Morgan fingerprint density at radius 3 is 2.61 bits per heavy atom. The zero-order valence-electron chi connectivity index (χ0n) is 23.8. The predicted molar refractivity (Wildman–Crippen MR) is 166 cm³/mol. The van der Waals surface area contributed by atoms with E-state index < -0.39 is 0 Å². The van der Waals surface area contributed by atoms with Crippen LogP contribution >= 0.6 is 8.46 Å². The molecule has 0 N–H and O–H groups in total. The highest BCUT2D eigenvalue weighted by Crippen LogP contribution is 2.47. The lowest BCUT2D eigenvalue weighted by Crippen LogP contribution is -2.29. The van der Waals surface area contributed by atoms with Crippen LogP contribution in [0.2, 0.25) is 0 Å². The van der Waals surface area contributed by atoms with Crippen LogP contribution < -0.4 is 14.8 Å². The van der Waals surface area contributed by atoms with Crippen LogP contribution in [-0.2, 0) is 9.30 Å². The molecule has 212 valence electrons. The number of hydrogen-bond donors (Lipinski definition) is 0. The van der Waals surface area contributed by atoms with Crippen LogP contribution in [-0.4, -0.2) is 37.4 Å². The highest BCUT2D eigenvalue weighted by atomic mass is 31.1. The molecule has 3 heterocycles. The molecule has 0 bridgehead atoms. The van der Waals surface area contributed by atoms with Crippen LogP contribution in [0.15, 0.2) is 72.8 Å². The van der Waals surface area contributed by atoms with Crippen molar-refractivity contribution in [1.29, 1.82) is 0 Å². The molecule has 0 aromatic heterocycles. The largest absolute Gasteiger partial charge is 0.480 e. The average molecular weight is 568 g/mol. The van der Waals surface area contributed by atoms with Crippen molar-refractivity contribution in [2.24, 2.45) is 0 Å². The van der Waals surface area contributed by atoms with Crippen LogP contribution in [0.25, 0.3) is 17.2 Å². The second-order valence-electron chi connectivity index (χ2n) is 11.2. The summed E-state index contributed by atoms with van der Waals surface area (Å²) in [7, 11) is -0.000398. The summed E-state index contributed by atoms with van der Waals surface area (Å²) < 4.78 is 30.4. The third-order valence-electron chi connectivity index (χ3n) is 8.30. The van der Waals surface area contributed by atoms with Crippen LogP contribution in [0.3, 0.4) is 0 Å². The molecule has 2 saturated heterocycles.